The molecule has 0 aliphatic heterocycles. The van der Waals surface area contributed by atoms with Crippen LogP contribution in [0.3, 0.4) is 0 Å². The van der Waals surface area contributed by atoms with Crippen molar-refractivity contribution in [3.8, 4) is 0 Å². The van der Waals surface area contributed by atoms with Gasteiger partial charge in [-0.2, -0.15) is 0 Å². The maximum absolute atomic E-state index is 10.5. The number of carboxylic acids is 1. The van der Waals surface area contributed by atoms with E-state index in [4.69, 9.17) is 9.66 Å². The molecule has 0 aliphatic carbocycles. The van der Waals surface area contributed by atoms with Crippen molar-refractivity contribution in [2.45, 2.75) is 11.1 Å². The van der Waals surface area contributed by atoms with E-state index >= 15 is 0 Å². The average molecular weight is 206 g/mol. The van der Waals surface area contributed by atoms with Crippen molar-refractivity contribution in [3.05, 3.63) is 16.5 Å². The van der Waals surface area contributed by atoms with E-state index in [1.807, 2.05) is 0 Å². The fourth-order valence-electron chi connectivity index (χ4n) is 0.751. The topological polar surface area (TPSA) is 74.6 Å². The van der Waals surface area contributed by atoms with Crippen LogP contribution in [-0.2, 0) is 11.1 Å². The van der Waals surface area contributed by atoms with Crippen LogP contribution in [0.25, 0.3) is 0 Å². The summed E-state index contributed by atoms with van der Waals surface area (Å²) in [5.74, 6) is -1.06. The Labute approximate surface area is 75.1 Å². The van der Waals surface area contributed by atoms with Crippen molar-refractivity contribution < 1.29 is 18.7 Å². The quantitative estimate of drug-likeness (QED) is 0.716. The minimum atomic E-state index is -2.08. The molecular formula is C6H6O4S2. The molecule has 0 bridgehead atoms. The summed E-state index contributed by atoms with van der Waals surface area (Å²) in [6.07, 6.45) is 0. The zero-order valence-corrected chi connectivity index (χ0v) is 7.74. The fraction of sp³-hybridized carbons (Fsp3) is 0.167. The number of rotatable bonds is 2. The molecule has 1 heterocycles. The van der Waals surface area contributed by atoms with Gasteiger partial charge in [0.1, 0.15) is 9.09 Å². The summed E-state index contributed by atoms with van der Waals surface area (Å²) >= 11 is -1.25. The number of hydrogen-bond acceptors (Lipinski definition) is 3. The molecule has 1 atom stereocenters. The molecule has 12 heavy (non-hydrogen) atoms. The van der Waals surface area contributed by atoms with Crippen molar-refractivity contribution in [1.29, 1.82) is 0 Å². The maximum atomic E-state index is 10.5. The molecule has 4 nitrogen and oxygen atoms in total. The van der Waals surface area contributed by atoms with Crippen molar-refractivity contribution in [3.63, 3.8) is 0 Å². The van der Waals surface area contributed by atoms with Gasteiger partial charge in [-0.25, -0.2) is 9.00 Å². The Kier molecular flexibility index (Phi) is 2.61. The van der Waals surface area contributed by atoms with Gasteiger partial charge in [-0.05, 0) is 18.6 Å². The highest BCUT2D eigenvalue weighted by Gasteiger charge is 2.14. The lowest BCUT2D eigenvalue weighted by Gasteiger charge is -1.86. The van der Waals surface area contributed by atoms with Crippen LogP contribution in [-0.4, -0.2) is 19.8 Å². The molecule has 1 unspecified atom stereocenters. The molecule has 66 valence electrons. The third-order valence-electron chi connectivity index (χ3n) is 1.26. The predicted octanol–water partition coefficient (Wildman–Crippen LogP) is 1.34. The van der Waals surface area contributed by atoms with Crippen LogP contribution >= 0.6 is 11.3 Å². The van der Waals surface area contributed by atoms with E-state index in [-0.39, 0.29) is 9.09 Å². The van der Waals surface area contributed by atoms with Gasteiger partial charge in [0.15, 0.2) is 11.1 Å². The largest absolute Gasteiger partial charge is 0.477 e. The Morgan fingerprint density at radius 3 is 2.50 bits per heavy atom. The first-order chi connectivity index (χ1) is 5.52. The second-order valence-corrected chi connectivity index (χ2v) is 4.38. The molecule has 0 saturated heterocycles. The average Bonchev–Trinajstić information content (AvgIpc) is 2.30. The van der Waals surface area contributed by atoms with Crippen molar-refractivity contribution in [2.75, 3.05) is 0 Å². The SMILES string of the molecule is Cc1cc(S(=O)O)sc1C(=O)O. The fourth-order valence-corrected chi connectivity index (χ4v) is 2.31. The van der Waals surface area contributed by atoms with Crippen molar-refractivity contribution in [1.82, 2.24) is 0 Å². The van der Waals surface area contributed by atoms with E-state index in [0.717, 1.165) is 11.3 Å². The summed E-state index contributed by atoms with van der Waals surface area (Å²) in [5.41, 5.74) is 0.518. The van der Waals surface area contributed by atoms with Gasteiger partial charge >= 0.3 is 5.97 Å². The van der Waals surface area contributed by atoms with Gasteiger partial charge in [-0.15, -0.1) is 11.3 Å². The summed E-state index contributed by atoms with van der Waals surface area (Å²) < 4.78 is 19.3. The lowest BCUT2D eigenvalue weighted by Crippen LogP contribution is -1.93. The van der Waals surface area contributed by atoms with Crippen LogP contribution in [0.5, 0.6) is 0 Å². The van der Waals surface area contributed by atoms with Crippen LogP contribution in [0.4, 0.5) is 0 Å². The highest BCUT2D eigenvalue weighted by molar-refractivity contribution is 7.81. The van der Waals surface area contributed by atoms with Crippen LogP contribution in [0.2, 0.25) is 0 Å². The zero-order valence-electron chi connectivity index (χ0n) is 6.10. The molecule has 1 rings (SSSR count). The molecule has 0 fully saturated rings. The van der Waals surface area contributed by atoms with Gasteiger partial charge in [0.2, 0.25) is 0 Å². The first-order valence-electron chi connectivity index (χ1n) is 2.97. The summed E-state index contributed by atoms with van der Waals surface area (Å²) in [6, 6.07) is 1.41. The highest BCUT2D eigenvalue weighted by atomic mass is 32.2. The van der Waals surface area contributed by atoms with E-state index < -0.39 is 17.0 Å². The lowest BCUT2D eigenvalue weighted by atomic mass is 10.3. The number of hydrogen-bond donors (Lipinski definition) is 2. The summed E-state index contributed by atoms with van der Waals surface area (Å²) in [5, 5.41) is 8.59. The molecule has 0 radical (unpaired) electrons. The van der Waals surface area contributed by atoms with E-state index in [2.05, 4.69) is 0 Å². The number of aromatic carboxylic acids is 1. The van der Waals surface area contributed by atoms with Gasteiger partial charge in [0.25, 0.3) is 0 Å². The van der Waals surface area contributed by atoms with E-state index in [9.17, 15) is 9.00 Å². The predicted molar refractivity (Wildman–Crippen MR) is 45.1 cm³/mol. The number of carbonyl (C=O) groups is 1. The lowest BCUT2D eigenvalue weighted by molar-refractivity contribution is 0.0701. The number of thiophene rings is 1. The van der Waals surface area contributed by atoms with E-state index in [1.165, 1.54) is 6.07 Å². The Bertz CT molecular complexity index is 341. The molecule has 1 aromatic rings. The Hall–Kier alpha value is -0.720. The van der Waals surface area contributed by atoms with Gasteiger partial charge in [-0.3, -0.25) is 0 Å². The van der Waals surface area contributed by atoms with Gasteiger partial charge in [0, 0.05) is 0 Å². The third kappa shape index (κ3) is 1.71. The summed E-state index contributed by atoms with van der Waals surface area (Å²) in [6.45, 7) is 1.59. The molecule has 6 heteroatoms. The second-order valence-electron chi connectivity index (χ2n) is 2.13. The second kappa shape index (κ2) is 3.34. The first kappa shape index (κ1) is 9.37. The van der Waals surface area contributed by atoms with Crippen LogP contribution in [0.15, 0.2) is 10.3 Å². The molecule has 1 aromatic heterocycles. The van der Waals surface area contributed by atoms with E-state index in [0.29, 0.717) is 5.56 Å². The molecule has 0 amide bonds. The van der Waals surface area contributed by atoms with E-state index in [1.54, 1.807) is 6.92 Å². The monoisotopic (exact) mass is 206 g/mol. The molecule has 0 aliphatic rings. The van der Waals surface area contributed by atoms with Crippen LogP contribution < -0.4 is 0 Å². The minimum absolute atomic E-state index is 0.118. The molecule has 0 spiro atoms. The molecule has 0 aromatic carbocycles. The zero-order chi connectivity index (χ0) is 9.30. The first-order valence-corrected chi connectivity index (χ1v) is 4.89. The normalized spacial score (nSPS) is 12.8. The van der Waals surface area contributed by atoms with Crippen molar-refractivity contribution >= 4 is 28.4 Å². The van der Waals surface area contributed by atoms with Crippen LogP contribution in [0.1, 0.15) is 15.2 Å². The smallest absolute Gasteiger partial charge is 0.346 e. The van der Waals surface area contributed by atoms with Gasteiger partial charge in [-0.1, -0.05) is 0 Å². The number of carboxylic acid groups (broad SMARTS) is 1. The Morgan fingerprint density at radius 1 is 1.67 bits per heavy atom. The Balaban J connectivity index is 3.17. The molecule has 0 saturated carbocycles. The van der Waals surface area contributed by atoms with Crippen LogP contribution in [0, 0.1) is 6.92 Å². The summed E-state index contributed by atoms with van der Waals surface area (Å²) in [4.78, 5) is 10.6. The number of aryl methyl sites for hydroxylation is 1. The minimum Gasteiger partial charge on any atom is -0.477 e. The molecule has 2 N–H and O–H groups in total. The highest BCUT2D eigenvalue weighted by Crippen LogP contribution is 2.23. The Morgan fingerprint density at radius 2 is 2.25 bits per heavy atom. The van der Waals surface area contributed by atoms with Crippen molar-refractivity contribution in [2.24, 2.45) is 0 Å². The standard InChI is InChI=1S/C6H6O4S2/c1-3-2-4(12(9)10)11-5(3)6(7)8/h2H,1H3,(H,7,8)(H,9,10). The molecular weight excluding hydrogens is 200 g/mol. The maximum Gasteiger partial charge on any atom is 0.346 e. The van der Waals surface area contributed by atoms with Gasteiger partial charge < -0.3 is 9.66 Å². The van der Waals surface area contributed by atoms with Gasteiger partial charge in [0.05, 0.1) is 0 Å². The third-order valence-corrected chi connectivity index (χ3v) is 3.42. The summed E-state index contributed by atoms with van der Waals surface area (Å²) in [7, 11) is 0.